The Bertz CT molecular complexity index is 1100. The number of hydrogen-bond donors (Lipinski definition) is 2. The summed E-state index contributed by atoms with van der Waals surface area (Å²) in [5.41, 5.74) is 3.61. The number of aromatic carboxylic acids is 1. The molecule has 0 unspecified atom stereocenters. The Labute approximate surface area is 177 Å². The summed E-state index contributed by atoms with van der Waals surface area (Å²) >= 11 is 0. The van der Waals surface area contributed by atoms with Gasteiger partial charge in [0.15, 0.2) is 0 Å². The van der Waals surface area contributed by atoms with E-state index in [0.29, 0.717) is 17.2 Å². The average molecular weight is 401 g/mol. The monoisotopic (exact) mass is 400 g/mol. The SMILES string of the molecule is O=C(O)c1ccc2cc(-c3ccc(O)c([C@@H]4CC[C@@H]5CCCC[C@H]5C4)c3)ccc2c1. The average Bonchev–Trinajstić information content (AvgIpc) is 2.78. The molecule has 2 saturated carbocycles. The highest BCUT2D eigenvalue weighted by Gasteiger charge is 2.33. The first kappa shape index (κ1) is 19.2. The molecule has 2 fully saturated rings. The van der Waals surface area contributed by atoms with Crippen LogP contribution in [0.1, 0.15) is 66.8 Å². The van der Waals surface area contributed by atoms with Crippen molar-refractivity contribution in [2.45, 2.75) is 50.9 Å². The van der Waals surface area contributed by atoms with Crippen LogP contribution in [0.3, 0.4) is 0 Å². The second-order valence-electron chi connectivity index (χ2n) is 9.17. The van der Waals surface area contributed by atoms with E-state index in [-0.39, 0.29) is 0 Å². The molecule has 3 atom stereocenters. The van der Waals surface area contributed by atoms with Crippen molar-refractivity contribution >= 4 is 16.7 Å². The maximum atomic E-state index is 11.2. The molecule has 3 aromatic carbocycles. The lowest BCUT2D eigenvalue weighted by molar-refractivity contribution is 0.0697. The van der Waals surface area contributed by atoms with Gasteiger partial charge >= 0.3 is 5.97 Å². The van der Waals surface area contributed by atoms with Gasteiger partial charge in [0.1, 0.15) is 5.75 Å². The van der Waals surface area contributed by atoms with E-state index >= 15 is 0 Å². The number of phenols is 1. The van der Waals surface area contributed by atoms with E-state index in [0.717, 1.165) is 39.3 Å². The summed E-state index contributed by atoms with van der Waals surface area (Å²) in [7, 11) is 0. The van der Waals surface area contributed by atoms with Gasteiger partial charge in [0.25, 0.3) is 0 Å². The zero-order chi connectivity index (χ0) is 20.7. The maximum absolute atomic E-state index is 11.2. The molecule has 30 heavy (non-hydrogen) atoms. The van der Waals surface area contributed by atoms with Gasteiger partial charge in [0.2, 0.25) is 0 Å². The maximum Gasteiger partial charge on any atom is 0.335 e. The predicted octanol–water partition coefficient (Wildman–Crippen LogP) is 6.98. The van der Waals surface area contributed by atoms with E-state index in [4.69, 9.17) is 0 Å². The number of rotatable bonds is 3. The van der Waals surface area contributed by atoms with Crippen LogP contribution in [0.4, 0.5) is 0 Å². The van der Waals surface area contributed by atoms with Crippen LogP contribution in [-0.2, 0) is 0 Å². The molecule has 154 valence electrons. The third-order valence-corrected chi connectivity index (χ3v) is 7.43. The number of aromatic hydroxyl groups is 1. The highest BCUT2D eigenvalue weighted by Crippen LogP contribution is 2.48. The first-order valence-corrected chi connectivity index (χ1v) is 11.2. The first-order valence-electron chi connectivity index (χ1n) is 11.2. The Kier molecular flexibility index (Phi) is 4.98. The molecular formula is C27H28O3. The second kappa shape index (κ2) is 7.79. The van der Waals surface area contributed by atoms with Gasteiger partial charge < -0.3 is 10.2 Å². The molecule has 0 aromatic heterocycles. The van der Waals surface area contributed by atoms with Crippen molar-refractivity contribution in [2.24, 2.45) is 11.8 Å². The molecule has 0 saturated heterocycles. The van der Waals surface area contributed by atoms with Gasteiger partial charge in [0, 0.05) is 0 Å². The molecule has 0 bridgehead atoms. The fourth-order valence-electron chi connectivity index (χ4n) is 5.78. The van der Waals surface area contributed by atoms with Gasteiger partial charge in [-0.1, -0.05) is 49.9 Å². The number of phenolic OH excluding ortho intramolecular Hbond substituents is 1. The number of fused-ring (bicyclic) bond motifs is 2. The summed E-state index contributed by atoms with van der Waals surface area (Å²) in [6.07, 6.45) is 9.17. The number of carboxylic acids is 1. The molecule has 2 aliphatic carbocycles. The largest absolute Gasteiger partial charge is 0.508 e. The number of carbonyl (C=O) groups is 1. The molecular weight excluding hydrogens is 372 g/mol. The lowest BCUT2D eigenvalue weighted by Crippen LogP contribution is -2.26. The van der Waals surface area contributed by atoms with Crippen molar-refractivity contribution in [3.05, 3.63) is 65.7 Å². The molecule has 2 aliphatic rings. The normalized spacial score (nSPS) is 23.8. The summed E-state index contributed by atoms with van der Waals surface area (Å²) in [5.74, 6) is 1.69. The molecule has 2 N–H and O–H groups in total. The van der Waals surface area contributed by atoms with E-state index in [2.05, 4.69) is 12.1 Å². The molecule has 3 nitrogen and oxygen atoms in total. The second-order valence-corrected chi connectivity index (χ2v) is 9.17. The molecule has 0 amide bonds. The van der Waals surface area contributed by atoms with Crippen LogP contribution in [-0.4, -0.2) is 16.2 Å². The van der Waals surface area contributed by atoms with E-state index < -0.39 is 5.97 Å². The lowest BCUT2D eigenvalue weighted by Gasteiger charge is -2.39. The van der Waals surface area contributed by atoms with Crippen LogP contribution >= 0.6 is 0 Å². The van der Waals surface area contributed by atoms with Crippen molar-refractivity contribution in [3.63, 3.8) is 0 Å². The standard InChI is InChI=1S/C27H28O3/c28-26-12-11-22(16-25(26)23-9-5-17-3-1-2-4-18(17)14-23)20-6-7-21-15-24(27(29)30)10-8-19(21)13-20/h6-8,10-13,15-18,23,28H,1-5,9,14H2,(H,29,30)/t17-,18-,23+/m0/s1. The van der Waals surface area contributed by atoms with E-state index in [9.17, 15) is 15.0 Å². The minimum Gasteiger partial charge on any atom is -0.508 e. The van der Waals surface area contributed by atoms with E-state index in [1.807, 2.05) is 30.3 Å². The summed E-state index contributed by atoms with van der Waals surface area (Å²) in [5, 5.41) is 21.8. The Hall–Kier alpha value is -2.81. The molecule has 0 aliphatic heterocycles. The Morgan fingerprint density at radius 3 is 2.30 bits per heavy atom. The van der Waals surface area contributed by atoms with Gasteiger partial charge in [-0.2, -0.15) is 0 Å². The topological polar surface area (TPSA) is 57.5 Å². The zero-order valence-corrected chi connectivity index (χ0v) is 17.2. The van der Waals surface area contributed by atoms with Gasteiger partial charge in [0.05, 0.1) is 5.56 Å². The fraction of sp³-hybridized carbons (Fsp3) is 0.370. The van der Waals surface area contributed by atoms with Crippen molar-refractivity contribution in [2.75, 3.05) is 0 Å². The Morgan fingerprint density at radius 1 is 0.767 bits per heavy atom. The van der Waals surface area contributed by atoms with Crippen molar-refractivity contribution in [1.82, 2.24) is 0 Å². The van der Waals surface area contributed by atoms with Gasteiger partial charge in [-0.15, -0.1) is 0 Å². The van der Waals surface area contributed by atoms with Crippen molar-refractivity contribution < 1.29 is 15.0 Å². The molecule has 0 spiro atoms. The molecule has 5 rings (SSSR count). The molecule has 3 aromatic rings. The highest BCUT2D eigenvalue weighted by atomic mass is 16.4. The first-order chi connectivity index (χ1) is 14.6. The van der Waals surface area contributed by atoms with Crippen LogP contribution in [0.2, 0.25) is 0 Å². The van der Waals surface area contributed by atoms with Gasteiger partial charge in [-0.05, 0) is 94.8 Å². The van der Waals surface area contributed by atoms with E-state index in [1.54, 1.807) is 12.1 Å². The van der Waals surface area contributed by atoms with Crippen LogP contribution in [0.5, 0.6) is 5.75 Å². The minimum atomic E-state index is -0.906. The molecule has 3 heteroatoms. The third kappa shape index (κ3) is 3.58. The molecule has 0 radical (unpaired) electrons. The quantitative estimate of drug-likeness (QED) is 0.498. The van der Waals surface area contributed by atoms with Crippen LogP contribution in [0, 0.1) is 11.8 Å². The summed E-state index contributed by atoms with van der Waals surface area (Å²) < 4.78 is 0. The molecule has 0 heterocycles. The number of hydrogen-bond acceptors (Lipinski definition) is 2. The highest BCUT2D eigenvalue weighted by molar-refractivity contribution is 5.95. The minimum absolute atomic E-state index is 0.306. The summed E-state index contributed by atoms with van der Waals surface area (Å²) in [6, 6.07) is 17.4. The number of benzene rings is 3. The van der Waals surface area contributed by atoms with Crippen LogP contribution in [0.15, 0.2) is 54.6 Å². The van der Waals surface area contributed by atoms with E-state index in [1.165, 1.54) is 44.9 Å². The van der Waals surface area contributed by atoms with Crippen molar-refractivity contribution in [3.8, 4) is 16.9 Å². The number of carboxylic acid groups (broad SMARTS) is 1. The third-order valence-electron chi connectivity index (χ3n) is 7.43. The van der Waals surface area contributed by atoms with Crippen LogP contribution in [0.25, 0.3) is 21.9 Å². The lowest BCUT2D eigenvalue weighted by atomic mass is 9.66. The van der Waals surface area contributed by atoms with Gasteiger partial charge in [-0.3, -0.25) is 0 Å². The summed E-state index contributed by atoms with van der Waals surface area (Å²) in [4.78, 5) is 11.2. The smallest absolute Gasteiger partial charge is 0.335 e. The Morgan fingerprint density at radius 2 is 1.47 bits per heavy atom. The van der Waals surface area contributed by atoms with Gasteiger partial charge in [-0.25, -0.2) is 4.79 Å². The van der Waals surface area contributed by atoms with Crippen LogP contribution < -0.4 is 0 Å². The predicted molar refractivity (Wildman–Crippen MR) is 120 cm³/mol. The summed E-state index contributed by atoms with van der Waals surface area (Å²) in [6.45, 7) is 0. The van der Waals surface area contributed by atoms with Crippen molar-refractivity contribution in [1.29, 1.82) is 0 Å². The Balaban J connectivity index is 1.45. The zero-order valence-electron chi connectivity index (χ0n) is 17.2. The fourth-order valence-corrected chi connectivity index (χ4v) is 5.78.